The van der Waals surface area contributed by atoms with E-state index in [1.54, 1.807) is 13.8 Å². The van der Waals surface area contributed by atoms with Crippen LogP contribution in [0.1, 0.15) is 55.1 Å². The highest BCUT2D eigenvalue weighted by atomic mass is 31.2. The molecule has 0 heterocycles. The first-order valence-electron chi connectivity index (χ1n) is 13.5. The van der Waals surface area contributed by atoms with Gasteiger partial charge in [-0.25, -0.2) is 5.06 Å². The highest BCUT2D eigenvalue weighted by Crippen LogP contribution is 2.62. The third-order valence-corrected chi connectivity index (χ3v) is 8.76. The second kappa shape index (κ2) is 16.3. The molecule has 3 aromatic carbocycles. The maximum Gasteiger partial charge on any atom is 0.338 e. The molecule has 3 aromatic rings. The smallest absolute Gasteiger partial charge is 0.338 e. The number of rotatable bonds is 17. The van der Waals surface area contributed by atoms with Gasteiger partial charge in [-0.1, -0.05) is 84.9 Å². The van der Waals surface area contributed by atoms with Gasteiger partial charge in [-0.3, -0.25) is 14.2 Å². The minimum atomic E-state index is -3.56. The molecule has 0 aliphatic carbocycles. The van der Waals surface area contributed by atoms with Gasteiger partial charge in [0.15, 0.2) is 0 Å². The molecular weight excluding hydrogens is 513 g/mol. The maximum absolute atomic E-state index is 14.1. The van der Waals surface area contributed by atoms with Crippen LogP contribution < -0.4 is 0 Å². The Bertz CT molecular complexity index is 1160. The number of hydroxylamine groups is 2. The molecule has 0 N–H and O–H groups in total. The van der Waals surface area contributed by atoms with Gasteiger partial charge in [-0.05, 0) is 48.9 Å². The molecular formula is C31H40NO6P. The van der Waals surface area contributed by atoms with Gasteiger partial charge in [-0.2, -0.15) is 0 Å². The monoisotopic (exact) mass is 553 g/mol. The van der Waals surface area contributed by atoms with E-state index in [4.69, 9.17) is 18.6 Å². The van der Waals surface area contributed by atoms with Gasteiger partial charge in [0.25, 0.3) is 0 Å². The normalized spacial score (nSPS) is 12.3. The molecule has 7 nitrogen and oxygen atoms in total. The first-order chi connectivity index (χ1) is 19.0. The maximum atomic E-state index is 14.1. The number of nitrogens with zero attached hydrogens (tertiary/aromatic N) is 1. The van der Waals surface area contributed by atoms with E-state index in [2.05, 4.69) is 0 Å². The Morgan fingerprint density at radius 1 is 0.821 bits per heavy atom. The van der Waals surface area contributed by atoms with E-state index in [9.17, 15) is 9.36 Å². The number of carbonyl (C=O) groups is 1. The molecule has 0 saturated carbocycles. The number of amides is 1. The molecule has 210 valence electrons. The summed E-state index contributed by atoms with van der Waals surface area (Å²) in [5, 5.41) is 1.33. The quantitative estimate of drug-likeness (QED) is 0.101. The minimum absolute atomic E-state index is 0.227. The highest BCUT2D eigenvalue weighted by molar-refractivity contribution is 7.54. The van der Waals surface area contributed by atoms with Crippen LogP contribution in [0.4, 0.5) is 0 Å². The predicted octanol–water partition coefficient (Wildman–Crippen LogP) is 7.12. The van der Waals surface area contributed by atoms with Crippen molar-refractivity contribution in [1.29, 1.82) is 0 Å². The lowest BCUT2D eigenvalue weighted by atomic mass is 10.00. The van der Waals surface area contributed by atoms with Crippen LogP contribution in [0.5, 0.6) is 0 Å². The summed E-state index contributed by atoms with van der Waals surface area (Å²) in [6, 6.07) is 27.6. The molecule has 39 heavy (non-hydrogen) atoms. The zero-order valence-electron chi connectivity index (χ0n) is 23.2. The minimum Gasteiger partial charge on any atom is -0.376 e. The molecule has 1 unspecified atom stereocenters. The lowest BCUT2D eigenvalue weighted by Gasteiger charge is -2.30. The second-order valence-electron chi connectivity index (χ2n) is 9.05. The standard InChI is InChI=1S/C31H40NO6P/c1-4-37-39(34,38-5-2)31(20-22-32(26(3)33)36-25-28-16-10-7-11-17-28)30-19-13-12-18-29(30)21-23-35-24-27-14-8-6-9-15-27/h6-19,31H,4-5,20-25H2,1-3H3. The van der Waals surface area contributed by atoms with Crippen LogP contribution in [0, 0.1) is 0 Å². The number of hydrogen-bond donors (Lipinski definition) is 0. The summed E-state index contributed by atoms with van der Waals surface area (Å²) >= 11 is 0. The second-order valence-corrected chi connectivity index (χ2v) is 11.3. The number of ether oxygens (including phenoxy) is 1. The molecule has 8 heteroatoms. The van der Waals surface area contributed by atoms with Crippen molar-refractivity contribution in [3.8, 4) is 0 Å². The molecule has 0 aliphatic heterocycles. The summed E-state index contributed by atoms with van der Waals surface area (Å²) in [6.45, 7) is 7.08. The number of benzene rings is 3. The first kappa shape index (κ1) is 30.7. The summed E-state index contributed by atoms with van der Waals surface area (Å²) in [5.74, 6) is -0.227. The Morgan fingerprint density at radius 3 is 1.97 bits per heavy atom. The van der Waals surface area contributed by atoms with Crippen molar-refractivity contribution in [3.05, 3.63) is 107 Å². The van der Waals surface area contributed by atoms with Crippen molar-refractivity contribution in [1.82, 2.24) is 5.06 Å². The number of carbonyl (C=O) groups excluding carboxylic acids is 1. The molecule has 1 atom stereocenters. The van der Waals surface area contributed by atoms with Gasteiger partial charge >= 0.3 is 7.60 Å². The van der Waals surface area contributed by atoms with Gasteiger partial charge < -0.3 is 13.8 Å². The average molecular weight is 554 g/mol. The van der Waals surface area contributed by atoms with Crippen molar-refractivity contribution in [2.75, 3.05) is 26.4 Å². The van der Waals surface area contributed by atoms with Crippen LogP contribution in [-0.2, 0) is 47.6 Å². The van der Waals surface area contributed by atoms with Gasteiger partial charge in [0.05, 0.1) is 32.1 Å². The first-order valence-corrected chi connectivity index (χ1v) is 15.1. The van der Waals surface area contributed by atoms with E-state index in [1.807, 2.05) is 84.9 Å². The Balaban J connectivity index is 1.78. The Morgan fingerprint density at radius 2 is 1.38 bits per heavy atom. The van der Waals surface area contributed by atoms with Gasteiger partial charge in [0.2, 0.25) is 5.91 Å². The van der Waals surface area contributed by atoms with Crippen LogP contribution >= 0.6 is 7.60 Å². The summed E-state index contributed by atoms with van der Waals surface area (Å²) in [7, 11) is -3.56. The van der Waals surface area contributed by atoms with Crippen molar-refractivity contribution >= 4 is 13.5 Å². The lowest BCUT2D eigenvalue weighted by molar-refractivity contribution is -0.189. The molecule has 0 saturated heterocycles. The van der Waals surface area contributed by atoms with Crippen LogP contribution in [0.3, 0.4) is 0 Å². The fourth-order valence-corrected chi connectivity index (χ4v) is 6.55. The average Bonchev–Trinajstić information content (AvgIpc) is 2.94. The van der Waals surface area contributed by atoms with Crippen LogP contribution in [-0.4, -0.2) is 37.3 Å². The molecule has 0 fully saturated rings. The van der Waals surface area contributed by atoms with Crippen LogP contribution in [0.25, 0.3) is 0 Å². The molecule has 0 bridgehead atoms. The Labute approximate surface area is 232 Å². The predicted molar refractivity (Wildman–Crippen MR) is 153 cm³/mol. The van der Waals surface area contributed by atoms with E-state index in [0.717, 1.165) is 22.3 Å². The largest absolute Gasteiger partial charge is 0.376 e. The van der Waals surface area contributed by atoms with Crippen molar-refractivity contribution in [2.24, 2.45) is 0 Å². The van der Waals surface area contributed by atoms with E-state index >= 15 is 0 Å². The molecule has 0 radical (unpaired) electrons. The fraction of sp³-hybridized carbons (Fsp3) is 0.387. The summed E-state index contributed by atoms with van der Waals surface area (Å²) in [5.41, 5.74) is 3.37. The molecule has 1 amide bonds. The van der Waals surface area contributed by atoms with Crippen molar-refractivity contribution in [3.63, 3.8) is 0 Å². The van der Waals surface area contributed by atoms with Crippen LogP contribution in [0.15, 0.2) is 84.9 Å². The van der Waals surface area contributed by atoms with Gasteiger partial charge in [0, 0.05) is 13.5 Å². The van der Waals surface area contributed by atoms with E-state index in [-0.39, 0.29) is 32.3 Å². The topological polar surface area (TPSA) is 74.3 Å². The number of hydrogen-bond acceptors (Lipinski definition) is 6. The third-order valence-electron chi connectivity index (χ3n) is 6.23. The Kier molecular flexibility index (Phi) is 12.9. The molecule has 3 rings (SSSR count). The van der Waals surface area contributed by atoms with Gasteiger partial charge in [-0.15, -0.1) is 0 Å². The van der Waals surface area contributed by atoms with E-state index < -0.39 is 13.3 Å². The van der Waals surface area contributed by atoms with E-state index in [1.165, 1.54) is 12.0 Å². The summed E-state index contributed by atoms with van der Waals surface area (Å²) in [6.07, 6.45) is 0.978. The fourth-order valence-electron chi connectivity index (χ4n) is 4.37. The zero-order chi connectivity index (χ0) is 27.9. The Hall–Kier alpha value is -2.80. The highest BCUT2D eigenvalue weighted by Gasteiger charge is 2.38. The molecule has 0 spiro atoms. The molecule has 0 aliphatic rings. The van der Waals surface area contributed by atoms with E-state index in [0.29, 0.717) is 26.1 Å². The van der Waals surface area contributed by atoms with Crippen LogP contribution in [0.2, 0.25) is 0 Å². The molecule has 0 aromatic heterocycles. The SMILES string of the molecule is CCOP(=O)(OCC)C(CCN(OCc1ccccc1)C(C)=O)c1ccccc1CCOCc1ccccc1. The third kappa shape index (κ3) is 9.71. The summed E-state index contributed by atoms with van der Waals surface area (Å²) < 4.78 is 31.7. The van der Waals surface area contributed by atoms with Gasteiger partial charge in [0.1, 0.15) is 6.61 Å². The summed E-state index contributed by atoms with van der Waals surface area (Å²) in [4.78, 5) is 18.3. The van der Waals surface area contributed by atoms with Crippen molar-refractivity contribution < 1.29 is 28.0 Å². The zero-order valence-corrected chi connectivity index (χ0v) is 24.1. The van der Waals surface area contributed by atoms with Crippen molar-refractivity contribution in [2.45, 2.75) is 52.5 Å². The lowest BCUT2D eigenvalue weighted by Crippen LogP contribution is -2.31.